The normalized spacial score (nSPS) is 26.0. The molecule has 0 unspecified atom stereocenters. The zero-order valence-electron chi connectivity index (χ0n) is 15.6. The van der Waals surface area contributed by atoms with Crippen LogP contribution in [0.3, 0.4) is 0 Å². The van der Waals surface area contributed by atoms with Gasteiger partial charge in [-0.05, 0) is 63.0 Å². The summed E-state index contributed by atoms with van der Waals surface area (Å²) in [6, 6.07) is 7.05. The summed E-state index contributed by atoms with van der Waals surface area (Å²) in [5.74, 6) is 0.639. The third-order valence-electron chi connectivity index (χ3n) is 5.26. The lowest BCUT2D eigenvalue weighted by Crippen LogP contribution is -2.50. The number of nitrogens with one attached hydrogen (secondary N) is 1. The van der Waals surface area contributed by atoms with E-state index in [1.807, 2.05) is 38.1 Å². The highest BCUT2D eigenvalue weighted by Crippen LogP contribution is 2.42. The van der Waals surface area contributed by atoms with E-state index in [2.05, 4.69) is 25.5 Å². The molecule has 1 aliphatic rings. The van der Waals surface area contributed by atoms with Gasteiger partial charge in [-0.15, -0.1) is 0 Å². The van der Waals surface area contributed by atoms with Gasteiger partial charge in [0.05, 0.1) is 10.4 Å². The summed E-state index contributed by atoms with van der Waals surface area (Å²) < 4.78 is 28.7. The van der Waals surface area contributed by atoms with E-state index in [1.165, 1.54) is 0 Å². The maximum atomic E-state index is 12.8. The number of hydrogen-bond donors (Lipinski definition) is 1. The van der Waals surface area contributed by atoms with Crippen molar-refractivity contribution in [1.82, 2.24) is 4.72 Å². The fraction of sp³-hybridized carbons (Fsp3) is 0.600. The molecule has 2 rings (SSSR count). The molecule has 24 heavy (non-hydrogen) atoms. The Kier molecular flexibility index (Phi) is 5.61. The molecule has 0 aromatic heterocycles. The van der Waals surface area contributed by atoms with E-state index in [4.69, 9.17) is 0 Å². The second kappa shape index (κ2) is 7.01. The molecule has 0 aliphatic heterocycles. The van der Waals surface area contributed by atoms with E-state index >= 15 is 0 Å². The number of benzene rings is 1. The van der Waals surface area contributed by atoms with Gasteiger partial charge in [0.15, 0.2) is 0 Å². The van der Waals surface area contributed by atoms with Crippen molar-refractivity contribution in [3.8, 4) is 0 Å². The second-order valence-corrected chi connectivity index (χ2v) is 9.90. The lowest BCUT2D eigenvalue weighted by molar-refractivity contribution is 0.145. The Balaban J connectivity index is 2.22. The molecule has 3 nitrogen and oxygen atoms in total. The third-order valence-corrected chi connectivity index (χ3v) is 6.83. The van der Waals surface area contributed by atoms with Crippen molar-refractivity contribution >= 4 is 10.0 Å². The van der Waals surface area contributed by atoms with Gasteiger partial charge in [-0.2, -0.15) is 0 Å². The second-order valence-electron chi connectivity index (χ2n) is 8.21. The summed E-state index contributed by atoms with van der Waals surface area (Å²) in [4.78, 5) is 0.343. The molecule has 1 N–H and O–H groups in total. The van der Waals surface area contributed by atoms with Crippen LogP contribution in [0.15, 0.2) is 41.3 Å². The number of rotatable bonds is 4. The van der Waals surface area contributed by atoms with Crippen molar-refractivity contribution in [3.05, 3.63) is 42.0 Å². The van der Waals surface area contributed by atoms with Gasteiger partial charge in [0.2, 0.25) is 10.0 Å². The van der Waals surface area contributed by atoms with Crippen LogP contribution in [0.5, 0.6) is 0 Å². The zero-order valence-corrected chi connectivity index (χ0v) is 16.4. The van der Waals surface area contributed by atoms with Gasteiger partial charge in [0.25, 0.3) is 0 Å². The maximum absolute atomic E-state index is 12.8. The minimum atomic E-state index is -3.51. The van der Waals surface area contributed by atoms with Gasteiger partial charge in [-0.1, -0.05) is 50.6 Å². The van der Waals surface area contributed by atoms with E-state index in [1.54, 1.807) is 12.1 Å². The van der Waals surface area contributed by atoms with Gasteiger partial charge < -0.3 is 0 Å². The minimum Gasteiger partial charge on any atom is -0.207 e. The molecule has 0 atom stereocenters. The molecule has 0 saturated heterocycles. The van der Waals surface area contributed by atoms with Crippen LogP contribution >= 0.6 is 0 Å². The lowest BCUT2D eigenvalue weighted by Gasteiger charge is -2.43. The molecular formula is C20H31NO2S. The SMILES string of the molecule is C/C=C/C1(NS(=O)(=O)c2ccc(C)cc2)CCC(C(C)(C)C)CC1. The van der Waals surface area contributed by atoms with Gasteiger partial charge in [0, 0.05) is 0 Å². The predicted molar refractivity (Wildman–Crippen MR) is 100 cm³/mol. The van der Waals surface area contributed by atoms with E-state index < -0.39 is 15.6 Å². The largest absolute Gasteiger partial charge is 0.241 e. The molecule has 0 spiro atoms. The van der Waals surface area contributed by atoms with E-state index in [0.717, 1.165) is 31.2 Å². The van der Waals surface area contributed by atoms with Crippen LogP contribution < -0.4 is 4.72 Å². The number of sulfonamides is 1. The van der Waals surface area contributed by atoms with Crippen molar-refractivity contribution in [2.24, 2.45) is 11.3 Å². The molecule has 1 aromatic rings. The van der Waals surface area contributed by atoms with Crippen LogP contribution in [0, 0.1) is 18.3 Å². The number of aryl methyl sites for hydroxylation is 1. The summed E-state index contributed by atoms with van der Waals surface area (Å²) in [5, 5.41) is 0. The van der Waals surface area contributed by atoms with Crippen molar-refractivity contribution in [3.63, 3.8) is 0 Å². The number of allylic oxidation sites excluding steroid dienone is 1. The highest BCUT2D eigenvalue weighted by molar-refractivity contribution is 7.89. The van der Waals surface area contributed by atoms with Crippen molar-refractivity contribution < 1.29 is 8.42 Å². The van der Waals surface area contributed by atoms with Crippen molar-refractivity contribution in [2.45, 2.75) is 70.7 Å². The summed E-state index contributed by atoms with van der Waals surface area (Å²) in [6.07, 6.45) is 7.80. The van der Waals surface area contributed by atoms with Crippen LogP contribution in [0.4, 0.5) is 0 Å². The minimum absolute atomic E-state index is 0.276. The summed E-state index contributed by atoms with van der Waals surface area (Å²) in [6.45, 7) is 10.7. The fourth-order valence-corrected chi connectivity index (χ4v) is 5.08. The van der Waals surface area contributed by atoms with Gasteiger partial charge in [0.1, 0.15) is 0 Å². The topological polar surface area (TPSA) is 46.2 Å². The lowest BCUT2D eigenvalue weighted by atomic mass is 9.67. The van der Waals surface area contributed by atoms with E-state index in [0.29, 0.717) is 10.8 Å². The summed E-state index contributed by atoms with van der Waals surface area (Å²) in [7, 11) is -3.51. The quantitative estimate of drug-likeness (QED) is 0.792. The Morgan fingerprint density at radius 3 is 2.12 bits per heavy atom. The van der Waals surface area contributed by atoms with Gasteiger partial charge >= 0.3 is 0 Å². The average Bonchev–Trinajstić information content (AvgIpc) is 2.47. The Morgan fingerprint density at radius 1 is 1.12 bits per heavy atom. The first-order chi connectivity index (χ1) is 11.1. The first-order valence-electron chi connectivity index (χ1n) is 8.82. The molecule has 0 amide bonds. The standard InChI is InChI=1S/C20H31NO2S/c1-6-13-20(14-11-17(12-15-20)19(3,4)5)21-24(22,23)18-9-7-16(2)8-10-18/h6-10,13,17,21H,11-12,14-15H2,1-5H3/b13-6+. The monoisotopic (exact) mass is 349 g/mol. The zero-order chi connectivity index (χ0) is 18.0. The van der Waals surface area contributed by atoms with Gasteiger partial charge in [-0.3, -0.25) is 0 Å². The van der Waals surface area contributed by atoms with E-state index in [-0.39, 0.29) is 5.41 Å². The maximum Gasteiger partial charge on any atom is 0.241 e. The molecule has 1 aliphatic carbocycles. The molecule has 1 fully saturated rings. The first kappa shape index (κ1) is 19.2. The molecule has 1 aromatic carbocycles. The fourth-order valence-electron chi connectivity index (χ4n) is 3.66. The summed E-state index contributed by atoms with van der Waals surface area (Å²) in [5.41, 5.74) is 0.876. The average molecular weight is 350 g/mol. The van der Waals surface area contributed by atoms with Crippen LogP contribution in [0.1, 0.15) is 58.9 Å². The van der Waals surface area contributed by atoms with Crippen LogP contribution in [-0.2, 0) is 10.0 Å². The summed E-state index contributed by atoms with van der Waals surface area (Å²) >= 11 is 0. The van der Waals surface area contributed by atoms with Crippen LogP contribution in [-0.4, -0.2) is 14.0 Å². The molecule has 134 valence electrons. The highest BCUT2D eigenvalue weighted by Gasteiger charge is 2.39. The molecule has 0 heterocycles. The molecule has 0 bridgehead atoms. The van der Waals surface area contributed by atoms with Crippen LogP contribution in [0.2, 0.25) is 0 Å². The molecule has 0 radical (unpaired) electrons. The van der Waals surface area contributed by atoms with Crippen molar-refractivity contribution in [2.75, 3.05) is 0 Å². The van der Waals surface area contributed by atoms with E-state index in [9.17, 15) is 8.42 Å². The molecule has 4 heteroatoms. The highest BCUT2D eigenvalue weighted by atomic mass is 32.2. The Labute approximate surface area is 147 Å². The van der Waals surface area contributed by atoms with Gasteiger partial charge in [-0.25, -0.2) is 13.1 Å². The Morgan fingerprint density at radius 2 is 1.67 bits per heavy atom. The molecular weight excluding hydrogens is 318 g/mol. The van der Waals surface area contributed by atoms with Crippen molar-refractivity contribution in [1.29, 1.82) is 0 Å². The molecule has 1 saturated carbocycles. The Bertz CT molecular complexity index is 673. The Hall–Kier alpha value is -1.13. The first-order valence-corrected chi connectivity index (χ1v) is 10.3. The number of hydrogen-bond acceptors (Lipinski definition) is 2. The predicted octanol–water partition coefficient (Wildman–Crippen LogP) is 4.82. The van der Waals surface area contributed by atoms with Crippen LogP contribution in [0.25, 0.3) is 0 Å². The third kappa shape index (κ3) is 4.48. The smallest absolute Gasteiger partial charge is 0.207 e.